The van der Waals surface area contributed by atoms with Gasteiger partial charge in [0.25, 0.3) is 0 Å². The molecule has 0 radical (unpaired) electrons. The minimum Gasteiger partial charge on any atom is -0.354 e. The second kappa shape index (κ2) is 4.85. The third kappa shape index (κ3) is 2.32. The molecule has 0 fully saturated rings. The van der Waals surface area contributed by atoms with Crippen LogP contribution in [0.5, 0.6) is 0 Å². The molecule has 2 aromatic heterocycles. The molecule has 0 saturated heterocycles. The molecule has 0 aliphatic rings. The van der Waals surface area contributed by atoms with Crippen molar-refractivity contribution < 1.29 is 0 Å². The number of anilines is 1. The summed E-state index contributed by atoms with van der Waals surface area (Å²) in [6.45, 7) is 3.27. The van der Waals surface area contributed by atoms with Gasteiger partial charge in [0.2, 0.25) is 0 Å². The molecule has 2 rings (SSSR count). The Labute approximate surface area is 105 Å². The lowest BCUT2D eigenvalue weighted by Gasteiger charge is -2.19. The average molecular weight is 251 g/mol. The van der Waals surface area contributed by atoms with Crippen LogP contribution in [0.3, 0.4) is 0 Å². The standard InChI is InChI=1S/C11H17N5S/c1-8-10(4-12)11(16(3)14-8)15(2)5-9-6-17-7-13-9/h6-7H,4-5,12H2,1-3H3. The van der Waals surface area contributed by atoms with E-state index in [1.165, 1.54) is 0 Å². The van der Waals surface area contributed by atoms with Crippen molar-refractivity contribution in [1.29, 1.82) is 0 Å². The van der Waals surface area contributed by atoms with Crippen LogP contribution >= 0.6 is 11.3 Å². The fourth-order valence-corrected chi connectivity index (χ4v) is 2.59. The van der Waals surface area contributed by atoms with Crippen LogP contribution in [-0.4, -0.2) is 21.8 Å². The second-order valence-corrected chi connectivity index (χ2v) is 4.77. The highest BCUT2D eigenvalue weighted by atomic mass is 32.1. The fraction of sp³-hybridized carbons (Fsp3) is 0.455. The number of aryl methyl sites for hydroxylation is 2. The van der Waals surface area contributed by atoms with E-state index in [-0.39, 0.29) is 0 Å². The van der Waals surface area contributed by atoms with Crippen molar-refractivity contribution >= 4 is 17.2 Å². The van der Waals surface area contributed by atoms with Gasteiger partial charge in [0, 0.05) is 31.6 Å². The summed E-state index contributed by atoms with van der Waals surface area (Å²) in [5.41, 5.74) is 10.8. The summed E-state index contributed by atoms with van der Waals surface area (Å²) in [6.07, 6.45) is 0. The molecule has 6 heteroatoms. The van der Waals surface area contributed by atoms with E-state index in [0.29, 0.717) is 6.54 Å². The van der Waals surface area contributed by atoms with Crippen LogP contribution in [0.4, 0.5) is 5.82 Å². The fourth-order valence-electron chi connectivity index (χ4n) is 2.04. The van der Waals surface area contributed by atoms with E-state index < -0.39 is 0 Å². The van der Waals surface area contributed by atoms with Gasteiger partial charge in [-0.25, -0.2) is 4.98 Å². The van der Waals surface area contributed by atoms with E-state index >= 15 is 0 Å². The first kappa shape index (κ1) is 12.1. The first-order chi connectivity index (χ1) is 8.13. The van der Waals surface area contributed by atoms with Gasteiger partial charge >= 0.3 is 0 Å². The Morgan fingerprint density at radius 1 is 1.53 bits per heavy atom. The maximum atomic E-state index is 5.78. The lowest BCUT2D eigenvalue weighted by molar-refractivity contribution is 0.722. The summed E-state index contributed by atoms with van der Waals surface area (Å²) in [4.78, 5) is 6.43. The highest BCUT2D eigenvalue weighted by molar-refractivity contribution is 7.07. The normalized spacial score (nSPS) is 10.8. The predicted molar refractivity (Wildman–Crippen MR) is 70.1 cm³/mol. The molecular formula is C11H17N5S. The Bertz CT molecular complexity index is 488. The van der Waals surface area contributed by atoms with Gasteiger partial charge in [-0.2, -0.15) is 5.10 Å². The molecule has 0 amide bonds. The number of nitrogens with two attached hydrogens (primary N) is 1. The maximum absolute atomic E-state index is 5.78. The molecule has 0 unspecified atom stereocenters. The summed E-state index contributed by atoms with van der Waals surface area (Å²) < 4.78 is 1.88. The average Bonchev–Trinajstić information content (AvgIpc) is 2.85. The molecule has 0 aliphatic heterocycles. The Morgan fingerprint density at radius 2 is 2.29 bits per heavy atom. The number of thiazole rings is 1. The van der Waals surface area contributed by atoms with Crippen molar-refractivity contribution in [1.82, 2.24) is 14.8 Å². The molecule has 0 atom stereocenters. The Hall–Kier alpha value is -1.40. The lowest BCUT2D eigenvalue weighted by atomic mass is 10.2. The van der Waals surface area contributed by atoms with Gasteiger partial charge in [0.15, 0.2) is 0 Å². The van der Waals surface area contributed by atoms with Gasteiger partial charge in [-0.3, -0.25) is 4.68 Å². The van der Waals surface area contributed by atoms with Crippen LogP contribution in [0, 0.1) is 6.92 Å². The van der Waals surface area contributed by atoms with Gasteiger partial charge in [-0.05, 0) is 6.92 Å². The largest absolute Gasteiger partial charge is 0.354 e. The van der Waals surface area contributed by atoms with E-state index in [0.717, 1.165) is 29.3 Å². The van der Waals surface area contributed by atoms with Gasteiger partial charge in [0.1, 0.15) is 5.82 Å². The molecular weight excluding hydrogens is 234 g/mol. The van der Waals surface area contributed by atoms with E-state index in [4.69, 9.17) is 5.73 Å². The van der Waals surface area contributed by atoms with Crippen molar-refractivity contribution in [3.05, 3.63) is 27.8 Å². The van der Waals surface area contributed by atoms with E-state index in [9.17, 15) is 0 Å². The first-order valence-electron chi connectivity index (χ1n) is 5.44. The zero-order chi connectivity index (χ0) is 12.4. The number of hydrogen-bond donors (Lipinski definition) is 1. The zero-order valence-corrected chi connectivity index (χ0v) is 11.2. The van der Waals surface area contributed by atoms with E-state index in [2.05, 4.69) is 20.4 Å². The summed E-state index contributed by atoms with van der Waals surface area (Å²) in [5, 5.41) is 6.47. The maximum Gasteiger partial charge on any atom is 0.131 e. The number of rotatable bonds is 4. The third-order valence-electron chi connectivity index (χ3n) is 2.76. The van der Waals surface area contributed by atoms with Crippen LogP contribution in [0.15, 0.2) is 10.9 Å². The second-order valence-electron chi connectivity index (χ2n) is 4.05. The van der Waals surface area contributed by atoms with Crippen LogP contribution in [0.2, 0.25) is 0 Å². The molecule has 17 heavy (non-hydrogen) atoms. The van der Waals surface area contributed by atoms with Crippen molar-refractivity contribution in [2.45, 2.75) is 20.0 Å². The van der Waals surface area contributed by atoms with Crippen molar-refractivity contribution in [3.8, 4) is 0 Å². The zero-order valence-electron chi connectivity index (χ0n) is 10.3. The molecule has 2 heterocycles. The molecule has 0 aromatic carbocycles. The topological polar surface area (TPSA) is 60.0 Å². The summed E-state index contributed by atoms with van der Waals surface area (Å²) in [7, 11) is 3.98. The monoisotopic (exact) mass is 251 g/mol. The third-order valence-corrected chi connectivity index (χ3v) is 3.40. The molecule has 0 bridgehead atoms. The molecule has 2 aromatic rings. The van der Waals surface area contributed by atoms with Gasteiger partial charge in [0.05, 0.1) is 23.4 Å². The van der Waals surface area contributed by atoms with Gasteiger partial charge < -0.3 is 10.6 Å². The molecule has 0 saturated carbocycles. The highest BCUT2D eigenvalue weighted by Crippen LogP contribution is 2.22. The summed E-state index contributed by atoms with van der Waals surface area (Å²) in [5.74, 6) is 1.07. The minimum atomic E-state index is 0.510. The molecule has 5 nitrogen and oxygen atoms in total. The smallest absolute Gasteiger partial charge is 0.131 e. The SMILES string of the molecule is Cc1nn(C)c(N(C)Cc2cscn2)c1CN. The number of aromatic nitrogens is 3. The van der Waals surface area contributed by atoms with Crippen LogP contribution in [0.1, 0.15) is 17.0 Å². The first-order valence-corrected chi connectivity index (χ1v) is 6.38. The van der Waals surface area contributed by atoms with E-state index in [1.807, 2.05) is 31.2 Å². The van der Waals surface area contributed by atoms with Crippen LogP contribution < -0.4 is 10.6 Å². The van der Waals surface area contributed by atoms with Gasteiger partial charge in [-0.15, -0.1) is 11.3 Å². The summed E-state index contributed by atoms with van der Waals surface area (Å²) >= 11 is 1.61. The Morgan fingerprint density at radius 3 is 2.88 bits per heavy atom. The van der Waals surface area contributed by atoms with Crippen molar-refractivity contribution in [3.63, 3.8) is 0 Å². The number of hydrogen-bond acceptors (Lipinski definition) is 5. The molecule has 92 valence electrons. The van der Waals surface area contributed by atoms with Gasteiger partial charge in [-0.1, -0.05) is 0 Å². The van der Waals surface area contributed by atoms with Crippen molar-refractivity contribution in [2.75, 3.05) is 11.9 Å². The quantitative estimate of drug-likeness (QED) is 0.889. The highest BCUT2D eigenvalue weighted by Gasteiger charge is 2.16. The minimum absolute atomic E-state index is 0.510. The van der Waals surface area contributed by atoms with Crippen molar-refractivity contribution in [2.24, 2.45) is 12.8 Å². The number of nitrogens with zero attached hydrogens (tertiary/aromatic N) is 4. The van der Waals surface area contributed by atoms with Crippen LogP contribution in [0.25, 0.3) is 0 Å². The lowest BCUT2D eigenvalue weighted by Crippen LogP contribution is -2.21. The molecule has 0 aliphatic carbocycles. The Balaban J connectivity index is 2.27. The summed E-state index contributed by atoms with van der Waals surface area (Å²) in [6, 6.07) is 0. The Kier molecular flexibility index (Phi) is 3.44. The van der Waals surface area contributed by atoms with E-state index in [1.54, 1.807) is 11.3 Å². The molecule has 0 spiro atoms. The molecule has 2 N–H and O–H groups in total. The van der Waals surface area contributed by atoms with Crippen LogP contribution in [-0.2, 0) is 20.1 Å². The predicted octanol–water partition coefficient (Wildman–Crippen LogP) is 1.28.